The van der Waals surface area contributed by atoms with Crippen LogP contribution in [0, 0.1) is 0 Å². The van der Waals surface area contributed by atoms with Gasteiger partial charge in [-0.3, -0.25) is 0 Å². The summed E-state index contributed by atoms with van der Waals surface area (Å²) in [5, 5.41) is 0. The van der Waals surface area contributed by atoms with Crippen LogP contribution in [0.4, 0.5) is 0 Å². The number of hydrogen-bond acceptors (Lipinski definition) is 3. The van der Waals surface area contributed by atoms with Gasteiger partial charge >= 0.3 is 0 Å². The van der Waals surface area contributed by atoms with Gasteiger partial charge in [-0.25, -0.2) is 0 Å². The molecule has 0 aromatic rings. The van der Waals surface area contributed by atoms with Crippen LogP contribution < -0.4 is 0 Å². The maximum atomic E-state index is 8.37. The van der Waals surface area contributed by atoms with E-state index < -0.39 is 0 Å². The Labute approximate surface area is 61.5 Å². The third-order valence-electron chi connectivity index (χ3n) is 1.17. The molecule has 56 valence electrons. The summed E-state index contributed by atoms with van der Waals surface area (Å²) in [6, 6.07) is 0. The Morgan fingerprint density at radius 1 is 1.44 bits per heavy atom. The van der Waals surface area contributed by atoms with Gasteiger partial charge in [0.2, 0.25) is 0 Å². The Kier molecular flexibility index (Phi) is 6.58. The van der Waals surface area contributed by atoms with Gasteiger partial charge in [-0.2, -0.15) is 0 Å². The molecule has 2 nitrogen and oxygen atoms in total. The zero-order chi connectivity index (χ0) is 7.11. The van der Waals surface area contributed by atoms with Crippen LogP contribution in [0.5, 0.6) is 0 Å². The fourth-order valence-electron chi connectivity index (χ4n) is 0.690. The van der Waals surface area contributed by atoms with E-state index in [0.29, 0.717) is 0 Å². The summed E-state index contributed by atoms with van der Waals surface area (Å²) in [5.74, 6) is 0.816. The minimum absolute atomic E-state index is 0.816. The molecule has 0 aromatic heterocycles. The molecular formula is C6H15NOS. The van der Waals surface area contributed by atoms with Gasteiger partial charge in [-0.05, 0) is 32.1 Å². The highest BCUT2D eigenvalue weighted by molar-refractivity contribution is 7.93. The van der Waals surface area contributed by atoms with Crippen molar-refractivity contribution in [3.8, 4) is 0 Å². The lowest BCUT2D eigenvalue weighted by Gasteiger charge is -2.12. The van der Waals surface area contributed by atoms with Crippen molar-refractivity contribution < 1.29 is 4.55 Å². The van der Waals surface area contributed by atoms with Crippen molar-refractivity contribution in [1.82, 2.24) is 4.90 Å². The second-order valence-corrected chi connectivity index (χ2v) is 2.80. The molecule has 0 fully saturated rings. The van der Waals surface area contributed by atoms with Crippen LogP contribution in [0.25, 0.3) is 0 Å². The summed E-state index contributed by atoms with van der Waals surface area (Å²) in [6.07, 6.45) is 1.19. The lowest BCUT2D eigenvalue weighted by molar-refractivity contribution is 0.355. The van der Waals surface area contributed by atoms with E-state index in [1.807, 2.05) is 0 Å². The molecule has 3 heteroatoms. The normalized spacial score (nSPS) is 10.7. The van der Waals surface area contributed by atoms with Gasteiger partial charge in [0.25, 0.3) is 0 Å². The van der Waals surface area contributed by atoms with Crippen molar-refractivity contribution in [2.24, 2.45) is 0 Å². The van der Waals surface area contributed by atoms with Crippen LogP contribution in [0.2, 0.25) is 0 Å². The smallest absolute Gasteiger partial charge is 0.0322 e. The average Bonchev–Trinajstić information content (AvgIpc) is 1.85. The van der Waals surface area contributed by atoms with E-state index >= 15 is 0 Å². The van der Waals surface area contributed by atoms with Gasteiger partial charge in [-0.15, -0.1) is 0 Å². The zero-order valence-corrected chi connectivity index (χ0v) is 6.95. The first-order chi connectivity index (χ1) is 4.31. The van der Waals surface area contributed by atoms with Crippen molar-refractivity contribution >= 4 is 12.0 Å². The predicted molar refractivity (Wildman–Crippen MR) is 42.9 cm³/mol. The Balaban J connectivity index is 2.95. The van der Waals surface area contributed by atoms with Gasteiger partial charge in [-0.1, -0.05) is 6.92 Å². The van der Waals surface area contributed by atoms with Crippen molar-refractivity contribution in [2.45, 2.75) is 13.3 Å². The molecule has 0 bridgehead atoms. The molecular weight excluding hydrogens is 134 g/mol. The van der Waals surface area contributed by atoms with Gasteiger partial charge in [0, 0.05) is 12.3 Å². The van der Waals surface area contributed by atoms with Gasteiger partial charge in [0.05, 0.1) is 0 Å². The third kappa shape index (κ3) is 6.15. The second kappa shape index (κ2) is 6.39. The summed E-state index contributed by atoms with van der Waals surface area (Å²) < 4.78 is 8.37. The molecule has 0 heterocycles. The first kappa shape index (κ1) is 9.27. The van der Waals surface area contributed by atoms with Crippen molar-refractivity contribution in [3.05, 3.63) is 0 Å². The average molecular weight is 149 g/mol. The molecule has 0 unspecified atom stereocenters. The SMILES string of the molecule is CCCN(C)CCSO. The van der Waals surface area contributed by atoms with E-state index in [-0.39, 0.29) is 0 Å². The van der Waals surface area contributed by atoms with Gasteiger partial charge < -0.3 is 9.45 Å². The summed E-state index contributed by atoms with van der Waals surface area (Å²) in [7, 11) is 2.07. The number of nitrogens with zero attached hydrogens (tertiary/aromatic N) is 1. The van der Waals surface area contributed by atoms with Crippen LogP contribution in [-0.4, -0.2) is 35.3 Å². The lowest BCUT2D eigenvalue weighted by atomic mass is 10.4. The minimum Gasteiger partial charge on any atom is -0.330 e. The van der Waals surface area contributed by atoms with Crippen LogP contribution in [0.3, 0.4) is 0 Å². The lowest BCUT2D eigenvalue weighted by Crippen LogP contribution is -2.21. The van der Waals surface area contributed by atoms with Gasteiger partial charge in [0.1, 0.15) is 0 Å². The fraction of sp³-hybridized carbons (Fsp3) is 1.00. The first-order valence-electron chi connectivity index (χ1n) is 3.26. The fourth-order valence-corrected chi connectivity index (χ4v) is 1.08. The van der Waals surface area contributed by atoms with E-state index in [4.69, 9.17) is 4.55 Å². The Morgan fingerprint density at radius 3 is 2.56 bits per heavy atom. The standard InChI is InChI=1S/C6H15NOS/c1-3-4-7(2)5-6-9-8/h8H,3-6H2,1-2H3. The highest BCUT2D eigenvalue weighted by Gasteiger charge is 1.93. The summed E-state index contributed by atoms with van der Waals surface area (Å²) >= 11 is 0.914. The zero-order valence-electron chi connectivity index (χ0n) is 6.13. The summed E-state index contributed by atoms with van der Waals surface area (Å²) in [5.41, 5.74) is 0. The topological polar surface area (TPSA) is 23.5 Å². The monoisotopic (exact) mass is 149 g/mol. The highest BCUT2D eigenvalue weighted by atomic mass is 32.2. The van der Waals surface area contributed by atoms with Crippen molar-refractivity contribution in [3.63, 3.8) is 0 Å². The molecule has 0 atom stereocenters. The molecule has 0 saturated carbocycles. The van der Waals surface area contributed by atoms with E-state index in [0.717, 1.165) is 30.9 Å². The van der Waals surface area contributed by atoms with E-state index in [2.05, 4.69) is 18.9 Å². The maximum absolute atomic E-state index is 8.37. The molecule has 0 amide bonds. The summed E-state index contributed by atoms with van der Waals surface area (Å²) in [4.78, 5) is 2.21. The highest BCUT2D eigenvalue weighted by Crippen LogP contribution is 1.92. The molecule has 9 heavy (non-hydrogen) atoms. The van der Waals surface area contributed by atoms with Crippen LogP contribution in [-0.2, 0) is 0 Å². The van der Waals surface area contributed by atoms with Crippen molar-refractivity contribution in [1.29, 1.82) is 0 Å². The van der Waals surface area contributed by atoms with E-state index in [9.17, 15) is 0 Å². The maximum Gasteiger partial charge on any atom is 0.0322 e. The third-order valence-corrected chi connectivity index (χ3v) is 1.53. The molecule has 0 aliphatic carbocycles. The Morgan fingerprint density at radius 2 is 2.11 bits per heavy atom. The molecule has 0 spiro atoms. The van der Waals surface area contributed by atoms with Crippen LogP contribution in [0.1, 0.15) is 13.3 Å². The molecule has 1 N–H and O–H groups in total. The molecule has 0 aliphatic heterocycles. The summed E-state index contributed by atoms with van der Waals surface area (Å²) in [6.45, 7) is 4.26. The Bertz CT molecular complexity index is 61.0. The quantitative estimate of drug-likeness (QED) is 0.600. The number of hydrogen-bond donors (Lipinski definition) is 1. The largest absolute Gasteiger partial charge is 0.330 e. The molecule has 0 radical (unpaired) electrons. The van der Waals surface area contributed by atoms with Gasteiger partial charge in [0.15, 0.2) is 0 Å². The van der Waals surface area contributed by atoms with Crippen LogP contribution >= 0.6 is 12.0 Å². The molecule has 0 saturated heterocycles. The second-order valence-electron chi connectivity index (χ2n) is 2.14. The minimum atomic E-state index is 0.816. The predicted octanol–water partition coefficient (Wildman–Crippen LogP) is 1.53. The number of rotatable bonds is 5. The van der Waals surface area contributed by atoms with Crippen molar-refractivity contribution in [2.75, 3.05) is 25.9 Å². The molecule has 0 rings (SSSR count). The molecule has 0 aromatic carbocycles. The van der Waals surface area contributed by atoms with E-state index in [1.54, 1.807) is 0 Å². The Hall–Kier alpha value is 0.270. The van der Waals surface area contributed by atoms with Crippen LogP contribution in [0.15, 0.2) is 0 Å². The van der Waals surface area contributed by atoms with E-state index in [1.165, 1.54) is 6.42 Å². The molecule has 0 aliphatic rings. The first-order valence-corrected chi connectivity index (χ1v) is 4.20.